The zero-order chi connectivity index (χ0) is 13.5. The molecule has 1 aromatic carbocycles. The minimum absolute atomic E-state index is 0. The van der Waals surface area contributed by atoms with E-state index in [1.54, 1.807) is 0 Å². The van der Waals surface area contributed by atoms with E-state index < -0.39 is 0 Å². The molecule has 0 bridgehead atoms. The molecule has 0 fully saturated rings. The van der Waals surface area contributed by atoms with E-state index in [2.05, 4.69) is 20.5 Å². The highest BCUT2D eigenvalue weighted by atomic mass is 127. The van der Waals surface area contributed by atoms with Gasteiger partial charge in [-0.2, -0.15) is 5.10 Å². The van der Waals surface area contributed by atoms with Crippen LogP contribution in [0.1, 0.15) is 17.7 Å². The monoisotopic (exact) mass is 385 g/mol. The Labute approximate surface area is 136 Å². The number of aromatic nitrogens is 2. The highest BCUT2D eigenvalue weighted by molar-refractivity contribution is 14.0. The molecule has 5 nitrogen and oxygen atoms in total. The fourth-order valence-corrected chi connectivity index (χ4v) is 1.81. The fourth-order valence-electron chi connectivity index (χ4n) is 1.81. The number of H-pyrrole nitrogens is 1. The first-order valence-corrected chi connectivity index (χ1v) is 6.36. The summed E-state index contributed by atoms with van der Waals surface area (Å²) in [5.41, 5.74) is 9.13. The third-order valence-corrected chi connectivity index (χ3v) is 2.87. The Hall–Kier alpha value is -1.57. The average molecular weight is 385 g/mol. The molecule has 0 aliphatic carbocycles. The average Bonchev–Trinajstić information content (AvgIpc) is 2.81. The Morgan fingerprint density at radius 1 is 1.35 bits per heavy atom. The van der Waals surface area contributed by atoms with Crippen molar-refractivity contribution in [3.63, 3.8) is 0 Å². The van der Waals surface area contributed by atoms with Crippen molar-refractivity contribution in [3.8, 4) is 0 Å². The summed E-state index contributed by atoms with van der Waals surface area (Å²) in [6.07, 6.45) is 3.78. The molecule has 0 aliphatic heterocycles. The topological polar surface area (TPSA) is 79.1 Å². The van der Waals surface area contributed by atoms with Gasteiger partial charge in [0.2, 0.25) is 0 Å². The van der Waals surface area contributed by atoms with Crippen LogP contribution in [0.5, 0.6) is 0 Å². The third kappa shape index (κ3) is 5.20. The summed E-state index contributed by atoms with van der Waals surface area (Å²) in [6, 6.07) is 9.79. The van der Waals surface area contributed by atoms with E-state index in [-0.39, 0.29) is 24.0 Å². The summed E-state index contributed by atoms with van der Waals surface area (Å²) < 4.78 is 0. The maximum absolute atomic E-state index is 5.82. The van der Waals surface area contributed by atoms with Gasteiger partial charge in [-0.25, -0.2) is 0 Å². The van der Waals surface area contributed by atoms with E-state index in [1.165, 1.54) is 5.56 Å². The molecule has 108 valence electrons. The van der Waals surface area contributed by atoms with E-state index in [9.17, 15) is 0 Å². The SMILES string of the molecule is Cc1[nH]ncc1CCCN=C(N)Nc1ccccc1.I. The number of anilines is 1. The quantitative estimate of drug-likeness (QED) is 0.321. The van der Waals surface area contributed by atoms with Crippen LogP contribution >= 0.6 is 24.0 Å². The van der Waals surface area contributed by atoms with Gasteiger partial charge in [0.05, 0.1) is 6.20 Å². The molecule has 0 amide bonds. The molecule has 0 atom stereocenters. The van der Waals surface area contributed by atoms with E-state index in [0.29, 0.717) is 12.5 Å². The zero-order valence-corrected chi connectivity index (χ0v) is 13.8. The van der Waals surface area contributed by atoms with Crippen LogP contribution in [0.3, 0.4) is 0 Å². The van der Waals surface area contributed by atoms with Gasteiger partial charge < -0.3 is 11.1 Å². The number of aliphatic imine (C=N–C) groups is 1. The first kappa shape index (κ1) is 16.5. The predicted molar refractivity (Wildman–Crippen MR) is 93.6 cm³/mol. The number of para-hydroxylation sites is 1. The summed E-state index contributed by atoms with van der Waals surface area (Å²) in [4.78, 5) is 4.30. The van der Waals surface area contributed by atoms with Gasteiger partial charge in [0, 0.05) is 17.9 Å². The second kappa shape index (κ2) is 8.57. The minimum Gasteiger partial charge on any atom is -0.370 e. The standard InChI is InChI=1S/C14H19N5.HI/c1-11-12(10-17-19-11)6-5-9-16-14(15)18-13-7-3-2-4-8-13;/h2-4,7-8,10H,5-6,9H2,1H3,(H,17,19)(H3,15,16,18);1H. The number of rotatable bonds is 5. The first-order valence-electron chi connectivity index (χ1n) is 6.36. The van der Waals surface area contributed by atoms with Crippen molar-refractivity contribution in [1.82, 2.24) is 10.2 Å². The van der Waals surface area contributed by atoms with Crippen LogP contribution in [0, 0.1) is 6.92 Å². The van der Waals surface area contributed by atoms with Gasteiger partial charge in [-0.05, 0) is 37.5 Å². The Morgan fingerprint density at radius 2 is 2.10 bits per heavy atom. The predicted octanol–water partition coefficient (Wildman–Crippen LogP) is 2.70. The molecule has 2 aromatic rings. The van der Waals surface area contributed by atoms with Gasteiger partial charge in [-0.15, -0.1) is 24.0 Å². The number of halogens is 1. The van der Waals surface area contributed by atoms with Crippen molar-refractivity contribution < 1.29 is 0 Å². The lowest BCUT2D eigenvalue weighted by Crippen LogP contribution is -2.22. The molecule has 20 heavy (non-hydrogen) atoms. The fraction of sp³-hybridized carbons (Fsp3) is 0.286. The summed E-state index contributed by atoms with van der Waals surface area (Å²) in [5, 5.41) is 9.98. The summed E-state index contributed by atoms with van der Waals surface area (Å²) in [6.45, 7) is 2.73. The largest absolute Gasteiger partial charge is 0.370 e. The maximum atomic E-state index is 5.82. The van der Waals surface area contributed by atoms with E-state index in [4.69, 9.17) is 5.73 Å². The number of guanidine groups is 1. The molecule has 0 spiro atoms. The number of nitrogens with two attached hydrogens (primary N) is 1. The molecule has 1 aromatic heterocycles. The number of nitrogens with zero attached hydrogens (tertiary/aromatic N) is 2. The Morgan fingerprint density at radius 3 is 2.75 bits per heavy atom. The van der Waals surface area contributed by atoms with Crippen LogP contribution in [-0.2, 0) is 6.42 Å². The van der Waals surface area contributed by atoms with Crippen LogP contribution in [0.2, 0.25) is 0 Å². The Balaban J connectivity index is 0.00000200. The molecule has 1 heterocycles. The molecule has 0 saturated heterocycles. The van der Waals surface area contributed by atoms with Crippen LogP contribution in [-0.4, -0.2) is 22.7 Å². The van der Waals surface area contributed by atoms with Gasteiger partial charge in [0.25, 0.3) is 0 Å². The molecule has 0 aliphatic rings. The van der Waals surface area contributed by atoms with E-state index >= 15 is 0 Å². The van der Waals surface area contributed by atoms with Crippen molar-refractivity contribution in [1.29, 1.82) is 0 Å². The molecule has 0 radical (unpaired) electrons. The molecular weight excluding hydrogens is 365 g/mol. The normalized spacial score (nSPS) is 10.9. The molecule has 0 saturated carbocycles. The molecule has 4 N–H and O–H groups in total. The van der Waals surface area contributed by atoms with Gasteiger partial charge in [-0.1, -0.05) is 18.2 Å². The third-order valence-electron chi connectivity index (χ3n) is 2.87. The van der Waals surface area contributed by atoms with Crippen molar-refractivity contribution in [2.75, 3.05) is 11.9 Å². The number of aryl methyl sites for hydroxylation is 2. The first-order chi connectivity index (χ1) is 9.25. The van der Waals surface area contributed by atoms with Crippen LogP contribution in [0.15, 0.2) is 41.5 Å². The molecule has 6 heteroatoms. The van der Waals surface area contributed by atoms with E-state index in [1.807, 2.05) is 43.5 Å². The molecular formula is C14H20IN5. The zero-order valence-electron chi connectivity index (χ0n) is 11.5. The van der Waals surface area contributed by atoms with Crippen LogP contribution < -0.4 is 11.1 Å². The van der Waals surface area contributed by atoms with E-state index in [0.717, 1.165) is 24.2 Å². The van der Waals surface area contributed by atoms with Gasteiger partial charge >= 0.3 is 0 Å². The second-order valence-corrected chi connectivity index (χ2v) is 4.38. The number of hydrogen-bond acceptors (Lipinski definition) is 2. The number of aromatic amines is 1. The highest BCUT2D eigenvalue weighted by Crippen LogP contribution is 2.06. The highest BCUT2D eigenvalue weighted by Gasteiger charge is 1.99. The smallest absolute Gasteiger partial charge is 0.193 e. The van der Waals surface area contributed by atoms with Crippen LogP contribution in [0.4, 0.5) is 5.69 Å². The van der Waals surface area contributed by atoms with Crippen molar-refractivity contribution in [3.05, 3.63) is 47.8 Å². The van der Waals surface area contributed by atoms with Gasteiger partial charge in [0.1, 0.15) is 0 Å². The van der Waals surface area contributed by atoms with Crippen molar-refractivity contribution >= 4 is 35.6 Å². The Bertz CT molecular complexity index is 536. The van der Waals surface area contributed by atoms with Gasteiger partial charge in [-0.3, -0.25) is 10.1 Å². The molecule has 2 rings (SSSR count). The second-order valence-electron chi connectivity index (χ2n) is 4.38. The van der Waals surface area contributed by atoms with Gasteiger partial charge in [0.15, 0.2) is 5.96 Å². The lowest BCUT2D eigenvalue weighted by Gasteiger charge is -2.04. The number of hydrogen-bond donors (Lipinski definition) is 3. The summed E-state index contributed by atoms with van der Waals surface area (Å²) in [7, 11) is 0. The maximum Gasteiger partial charge on any atom is 0.193 e. The minimum atomic E-state index is 0. The summed E-state index contributed by atoms with van der Waals surface area (Å²) >= 11 is 0. The lowest BCUT2D eigenvalue weighted by atomic mass is 10.1. The summed E-state index contributed by atoms with van der Waals surface area (Å²) in [5.74, 6) is 0.454. The van der Waals surface area contributed by atoms with Crippen LogP contribution in [0.25, 0.3) is 0 Å². The number of benzene rings is 1. The Kier molecular flexibility index (Phi) is 7.06. The molecule has 0 unspecified atom stereocenters. The van der Waals surface area contributed by atoms with Crippen molar-refractivity contribution in [2.24, 2.45) is 10.7 Å². The lowest BCUT2D eigenvalue weighted by molar-refractivity contribution is 0.828. The van der Waals surface area contributed by atoms with Crippen molar-refractivity contribution in [2.45, 2.75) is 19.8 Å². The number of nitrogens with one attached hydrogen (secondary N) is 2.